The van der Waals surface area contributed by atoms with Gasteiger partial charge in [-0.05, 0) is 12.1 Å². The van der Waals surface area contributed by atoms with Crippen LogP contribution >= 0.6 is 11.3 Å². The van der Waals surface area contributed by atoms with Gasteiger partial charge in [-0.15, -0.1) is 11.3 Å². The molecule has 134 valence electrons. The largest absolute Gasteiger partial charge is 0.477 e. The van der Waals surface area contributed by atoms with Crippen molar-refractivity contribution in [2.75, 3.05) is 6.54 Å². The number of carboxylic acid groups (broad SMARTS) is 1. The van der Waals surface area contributed by atoms with E-state index in [0.29, 0.717) is 13.0 Å². The summed E-state index contributed by atoms with van der Waals surface area (Å²) in [7, 11) is -3.72. The van der Waals surface area contributed by atoms with Gasteiger partial charge in [-0.2, -0.15) is 4.31 Å². The number of carboxylic acids is 1. The highest BCUT2D eigenvalue weighted by molar-refractivity contribution is 7.91. The minimum Gasteiger partial charge on any atom is -0.477 e. The first-order chi connectivity index (χ1) is 11.6. The molecule has 0 aliphatic carbocycles. The maximum absolute atomic E-state index is 12.8. The molecular formula is C16H19N3O4S2. The lowest BCUT2D eigenvalue weighted by Gasteiger charge is -2.28. The quantitative estimate of drug-likeness (QED) is 0.875. The number of rotatable bonds is 3. The van der Waals surface area contributed by atoms with Crippen LogP contribution in [0, 0.1) is 0 Å². The molecule has 9 heteroatoms. The fourth-order valence-electron chi connectivity index (χ4n) is 2.56. The minimum atomic E-state index is -3.72. The van der Waals surface area contributed by atoms with Crippen molar-refractivity contribution < 1.29 is 18.3 Å². The van der Waals surface area contributed by atoms with E-state index in [1.165, 1.54) is 16.4 Å². The number of sulfonamides is 1. The summed E-state index contributed by atoms with van der Waals surface area (Å²) >= 11 is 0.768. The van der Waals surface area contributed by atoms with E-state index < -0.39 is 16.0 Å². The van der Waals surface area contributed by atoms with Crippen LogP contribution in [0.3, 0.4) is 0 Å². The molecule has 3 rings (SSSR count). The normalized spacial score (nSPS) is 15.8. The number of carbonyl (C=O) groups is 1. The summed E-state index contributed by atoms with van der Waals surface area (Å²) in [4.78, 5) is 20.0. The van der Waals surface area contributed by atoms with Crippen LogP contribution in [0.2, 0.25) is 0 Å². The Bertz CT molecular complexity index is 929. The fraction of sp³-hybridized carbons (Fsp3) is 0.438. The predicted molar refractivity (Wildman–Crippen MR) is 93.3 cm³/mol. The van der Waals surface area contributed by atoms with Crippen molar-refractivity contribution in [2.24, 2.45) is 0 Å². The van der Waals surface area contributed by atoms with Gasteiger partial charge >= 0.3 is 5.97 Å². The van der Waals surface area contributed by atoms with Gasteiger partial charge in [-0.25, -0.2) is 23.2 Å². The van der Waals surface area contributed by atoms with Gasteiger partial charge in [0.25, 0.3) is 10.0 Å². The van der Waals surface area contributed by atoms with Crippen molar-refractivity contribution in [3.63, 3.8) is 0 Å². The van der Waals surface area contributed by atoms with E-state index in [1.807, 2.05) is 20.8 Å². The Morgan fingerprint density at radius 3 is 2.64 bits per heavy atom. The molecule has 0 bridgehead atoms. The third-order valence-electron chi connectivity index (χ3n) is 3.96. The van der Waals surface area contributed by atoms with Gasteiger partial charge in [0.05, 0.1) is 0 Å². The predicted octanol–water partition coefficient (Wildman–Crippen LogP) is 2.28. The van der Waals surface area contributed by atoms with E-state index in [-0.39, 0.29) is 21.0 Å². The zero-order chi connectivity index (χ0) is 18.4. The maximum atomic E-state index is 12.8. The number of hydrogen-bond donors (Lipinski definition) is 1. The summed E-state index contributed by atoms with van der Waals surface area (Å²) in [6, 6.07) is 2.66. The standard InChI is InChI=1S/C16H19N3O4S2/c1-16(2,3)15-17-8-10-9-19(7-6-11(10)18-15)25(22,23)13-5-4-12(24-13)14(20)21/h4-5,8H,6-7,9H2,1-3H3,(H,20,21). The Kier molecular flexibility index (Phi) is 4.42. The highest BCUT2D eigenvalue weighted by Crippen LogP contribution is 2.29. The van der Waals surface area contributed by atoms with Crippen molar-refractivity contribution in [1.29, 1.82) is 0 Å². The van der Waals surface area contributed by atoms with Gasteiger partial charge in [-0.1, -0.05) is 20.8 Å². The molecule has 0 saturated carbocycles. The van der Waals surface area contributed by atoms with Crippen molar-refractivity contribution >= 4 is 27.3 Å². The smallest absolute Gasteiger partial charge is 0.345 e. The molecule has 3 heterocycles. The summed E-state index contributed by atoms with van der Waals surface area (Å²) in [5, 5.41) is 8.98. The molecule has 0 radical (unpaired) electrons. The number of nitrogens with zero attached hydrogens (tertiary/aromatic N) is 3. The third-order valence-corrected chi connectivity index (χ3v) is 7.34. The molecule has 0 unspecified atom stereocenters. The van der Waals surface area contributed by atoms with E-state index in [4.69, 9.17) is 5.11 Å². The van der Waals surface area contributed by atoms with Crippen LogP contribution in [0.4, 0.5) is 0 Å². The molecule has 7 nitrogen and oxygen atoms in total. The van der Waals surface area contributed by atoms with Crippen LogP contribution in [-0.4, -0.2) is 40.3 Å². The zero-order valence-corrected chi connectivity index (χ0v) is 15.8. The van der Waals surface area contributed by atoms with E-state index in [0.717, 1.165) is 28.4 Å². The summed E-state index contributed by atoms with van der Waals surface area (Å²) in [6.45, 7) is 6.61. The molecule has 1 N–H and O–H groups in total. The second-order valence-electron chi connectivity index (χ2n) is 6.93. The highest BCUT2D eigenvalue weighted by atomic mass is 32.2. The van der Waals surface area contributed by atoms with Gasteiger partial charge < -0.3 is 5.11 Å². The van der Waals surface area contributed by atoms with Crippen molar-refractivity contribution in [1.82, 2.24) is 14.3 Å². The maximum Gasteiger partial charge on any atom is 0.345 e. The number of aromatic carboxylic acids is 1. The minimum absolute atomic E-state index is 0.00846. The lowest BCUT2D eigenvalue weighted by atomic mass is 9.95. The molecule has 2 aromatic heterocycles. The van der Waals surface area contributed by atoms with Crippen LogP contribution in [-0.2, 0) is 28.4 Å². The topological polar surface area (TPSA) is 100 Å². The van der Waals surface area contributed by atoms with Crippen LogP contribution in [0.1, 0.15) is 47.5 Å². The third kappa shape index (κ3) is 3.44. The number of hydrogen-bond acceptors (Lipinski definition) is 6. The van der Waals surface area contributed by atoms with Crippen molar-refractivity contribution in [2.45, 2.75) is 43.4 Å². The van der Waals surface area contributed by atoms with Crippen LogP contribution in [0.25, 0.3) is 0 Å². The highest BCUT2D eigenvalue weighted by Gasteiger charge is 2.31. The lowest BCUT2D eigenvalue weighted by Crippen LogP contribution is -2.36. The molecule has 0 fully saturated rings. The van der Waals surface area contributed by atoms with E-state index >= 15 is 0 Å². The first-order valence-electron chi connectivity index (χ1n) is 7.77. The van der Waals surface area contributed by atoms with E-state index in [9.17, 15) is 13.2 Å². The number of fused-ring (bicyclic) bond motifs is 1. The SMILES string of the molecule is CC(C)(C)c1ncc2c(n1)CCN(S(=O)(=O)c1ccc(C(=O)O)s1)C2. The fourth-order valence-corrected chi connectivity index (χ4v) is 5.28. The molecule has 0 atom stereocenters. The van der Waals surface area contributed by atoms with Crippen LogP contribution < -0.4 is 0 Å². The Morgan fingerprint density at radius 2 is 2.04 bits per heavy atom. The first kappa shape index (κ1) is 18.0. The van der Waals surface area contributed by atoms with Gasteiger partial charge in [0.2, 0.25) is 0 Å². The first-order valence-corrected chi connectivity index (χ1v) is 10.0. The van der Waals surface area contributed by atoms with Gasteiger partial charge in [0.1, 0.15) is 14.9 Å². The van der Waals surface area contributed by atoms with Gasteiger partial charge in [0.15, 0.2) is 0 Å². The Labute approximate surface area is 150 Å². The Hall–Kier alpha value is -1.84. The van der Waals surface area contributed by atoms with Gasteiger partial charge in [0, 0.05) is 42.4 Å². The number of aromatic nitrogens is 2. The molecule has 25 heavy (non-hydrogen) atoms. The summed E-state index contributed by atoms with van der Waals surface area (Å²) in [6.07, 6.45) is 2.21. The van der Waals surface area contributed by atoms with E-state index in [2.05, 4.69) is 9.97 Å². The zero-order valence-electron chi connectivity index (χ0n) is 14.2. The summed E-state index contributed by atoms with van der Waals surface area (Å²) in [5.41, 5.74) is 1.50. The molecule has 0 aromatic carbocycles. The monoisotopic (exact) mass is 381 g/mol. The Balaban J connectivity index is 1.87. The average molecular weight is 381 g/mol. The second-order valence-corrected chi connectivity index (χ2v) is 10.2. The Morgan fingerprint density at radius 1 is 1.32 bits per heavy atom. The molecule has 0 saturated heterocycles. The van der Waals surface area contributed by atoms with Crippen molar-refractivity contribution in [3.05, 3.63) is 40.3 Å². The van der Waals surface area contributed by atoms with Crippen LogP contribution in [0.5, 0.6) is 0 Å². The molecule has 1 aliphatic heterocycles. The second kappa shape index (κ2) is 6.15. The van der Waals surface area contributed by atoms with Crippen LogP contribution in [0.15, 0.2) is 22.5 Å². The van der Waals surface area contributed by atoms with Gasteiger partial charge in [-0.3, -0.25) is 0 Å². The molecule has 1 aliphatic rings. The molecule has 0 amide bonds. The van der Waals surface area contributed by atoms with Crippen molar-refractivity contribution in [3.8, 4) is 0 Å². The summed E-state index contributed by atoms with van der Waals surface area (Å²) in [5.74, 6) is -0.384. The lowest BCUT2D eigenvalue weighted by molar-refractivity contribution is 0.0702. The van der Waals surface area contributed by atoms with E-state index in [1.54, 1.807) is 6.20 Å². The number of thiophene rings is 1. The molecule has 2 aromatic rings. The summed E-state index contributed by atoms with van der Waals surface area (Å²) < 4.78 is 26.9. The average Bonchev–Trinajstić information content (AvgIpc) is 3.04. The molecular weight excluding hydrogens is 362 g/mol. The molecule has 0 spiro atoms.